The zero-order valence-corrected chi connectivity index (χ0v) is 28.7. The molecule has 0 aliphatic rings. The third-order valence-corrected chi connectivity index (χ3v) is 11.5. The van der Waals surface area contributed by atoms with Gasteiger partial charge in [-0.1, -0.05) is 127 Å². The zero-order valence-electron chi connectivity index (χ0n) is 27.9. The second-order valence-corrected chi connectivity index (χ2v) is 14.3. The first-order chi connectivity index (χ1) is 25.8. The van der Waals surface area contributed by atoms with Crippen molar-refractivity contribution in [2.45, 2.75) is 0 Å². The SMILES string of the molecule is c1ccc(-c2ccc(N(c3cccc4c3sc3ccccc34)c3cccc4oc5c(-c6ccccc6)c6c(cc5c34)oc3ccccc36)cc2)cc1. The molecule has 0 spiro atoms. The molecule has 11 aromatic rings. The van der Waals surface area contributed by atoms with Gasteiger partial charge in [0.2, 0.25) is 0 Å². The van der Waals surface area contributed by atoms with Gasteiger partial charge in [0.1, 0.15) is 22.3 Å². The van der Waals surface area contributed by atoms with Gasteiger partial charge in [0.15, 0.2) is 0 Å². The number of anilines is 3. The summed E-state index contributed by atoms with van der Waals surface area (Å²) in [7, 11) is 0. The third-order valence-electron chi connectivity index (χ3n) is 10.3. The molecule has 0 saturated heterocycles. The van der Waals surface area contributed by atoms with Gasteiger partial charge in [-0.25, -0.2) is 0 Å². The van der Waals surface area contributed by atoms with Crippen LogP contribution < -0.4 is 4.90 Å². The Hall–Kier alpha value is -6.62. The van der Waals surface area contributed by atoms with Crippen molar-refractivity contribution >= 4 is 92.4 Å². The van der Waals surface area contributed by atoms with Crippen LogP contribution in [-0.4, -0.2) is 0 Å². The van der Waals surface area contributed by atoms with E-state index in [-0.39, 0.29) is 0 Å². The predicted molar refractivity (Wildman–Crippen MR) is 219 cm³/mol. The Bertz CT molecular complexity index is 3120. The van der Waals surface area contributed by atoms with Crippen LogP contribution in [0.4, 0.5) is 17.1 Å². The maximum Gasteiger partial charge on any atom is 0.144 e. The summed E-state index contributed by atoms with van der Waals surface area (Å²) in [5.74, 6) is 0. The van der Waals surface area contributed by atoms with E-state index in [0.717, 1.165) is 72.1 Å². The highest BCUT2D eigenvalue weighted by atomic mass is 32.1. The molecule has 0 aliphatic carbocycles. The highest BCUT2D eigenvalue weighted by Gasteiger charge is 2.26. The molecule has 0 unspecified atom stereocenters. The first-order valence-corrected chi connectivity index (χ1v) is 18.3. The molecule has 8 aromatic carbocycles. The summed E-state index contributed by atoms with van der Waals surface area (Å²) < 4.78 is 16.1. The fourth-order valence-corrected chi connectivity index (χ4v) is 9.17. The van der Waals surface area contributed by atoms with Gasteiger partial charge in [0.05, 0.1) is 21.5 Å². The van der Waals surface area contributed by atoms with E-state index in [2.05, 4.69) is 169 Å². The minimum Gasteiger partial charge on any atom is -0.456 e. The Kier molecular flexibility index (Phi) is 6.42. The van der Waals surface area contributed by atoms with E-state index in [1.54, 1.807) is 0 Å². The van der Waals surface area contributed by atoms with Gasteiger partial charge in [-0.05, 0) is 65.2 Å². The molecular formula is C48H29NO2S. The van der Waals surface area contributed by atoms with Crippen LogP contribution >= 0.6 is 11.3 Å². The highest BCUT2D eigenvalue weighted by molar-refractivity contribution is 7.26. The molecule has 0 radical (unpaired) electrons. The van der Waals surface area contributed by atoms with Crippen molar-refractivity contribution in [2.75, 3.05) is 4.90 Å². The lowest BCUT2D eigenvalue weighted by molar-refractivity contribution is 0.664. The van der Waals surface area contributed by atoms with Crippen molar-refractivity contribution in [3.8, 4) is 22.3 Å². The van der Waals surface area contributed by atoms with E-state index in [0.29, 0.717) is 0 Å². The highest BCUT2D eigenvalue weighted by Crippen LogP contribution is 2.51. The summed E-state index contributed by atoms with van der Waals surface area (Å²) in [5.41, 5.74) is 11.1. The number of thiophene rings is 1. The smallest absolute Gasteiger partial charge is 0.144 e. The van der Waals surface area contributed by atoms with Gasteiger partial charge in [0, 0.05) is 42.9 Å². The largest absolute Gasteiger partial charge is 0.456 e. The molecule has 0 aliphatic heterocycles. The lowest BCUT2D eigenvalue weighted by atomic mass is 9.96. The molecule has 52 heavy (non-hydrogen) atoms. The number of benzene rings is 8. The summed E-state index contributed by atoms with van der Waals surface area (Å²) in [5, 5.41) is 6.74. The Morgan fingerprint density at radius 3 is 1.87 bits per heavy atom. The number of hydrogen-bond donors (Lipinski definition) is 0. The van der Waals surface area contributed by atoms with Crippen molar-refractivity contribution < 1.29 is 8.83 Å². The third kappa shape index (κ3) is 4.38. The van der Waals surface area contributed by atoms with Crippen LogP contribution in [0.15, 0.2) is 185 Å². The van der Waals surface area contributed by atoms with E-state index in [1.165, 1.54) is 31.3 Å². The summed E-state index contributed by atoms with van der Waals surface area (Å²) in [6.45, 7) is 0. The molecule has 3 heterocycles. The van der Waals surface area contributed by atoms with Crippen LogP contribution in [0.5, 0.6) is 0 Å². The van der Waals surface area contributed by atoms with Crippen molar-refractivity contribution in [2.24, 2.45) is 0 Å². The van der Waals surface area contributed by atoms with Gasteiger partial charge in [-0.2, -0.15) is 0 Å². The quantitative estimate of drug-likeness (QED) is 0.181. The number of para-hydroxylation sites is 1. The summed E-state index contributed by atoms with van der Waals surface area (Å²) >= 11 is 1.84. The number of rotatable bonds is 5. The molecular weight excluding hydrogens is 655 g/mol. The minimum atomic E-state index is 0.830. The Morgan fingerprint density at radius 2 is 1.04 bits per heavy atom. The maximum atomic E-state index is 6.97. The molecule has 3 nitrogen and oxygen atoms in total. The van der Waals surface area contributed by atoms with E-state index in [1.807, 2.05) is 23.5 Å². The van der Waals surface area contributed by atoms with Crippen molar-refractivity contribution in [1.82, 2.24) is 0 Å². The van der Waals surface area contributed by atoms with Crippen LogP contribution in [0.3, 0.4) is 0 Å². The predicted octanol–water partition coefficient (Wildman–Crippen LogP) is 14.7. The second-order valence-electron chi connectivity index (χ2n) is 13.2. The van der Waals surface area contributed by atoms with Crippen LogP contribution in [0.1, 0.15) is 0 Å². The molecule has 3 aromatic heterocycles. The summed E-state index contributed by atoms with van der Waals surface area (Å²) in [6.07, 6.45) is 0. The van der Waals surface area contributed by atoms with Gasteiger partial charge < -0.3 is 13.7 Å². The van der Waals surface area contributed by atoms with E-state index in [9.17, 15) is 0 Å². The van der Waals surface area contributed by atoms with Gasteiger partial charge >= 0.3 is 0 Å². The van der Waals surface area contributed by atoms with E-state index in [4.69, 9.17) is 8.83 Å². The molecule has 11 rings (SSSR count). The summed E-state index contributed by atoms with van der Waals surface area (Å²) in [6, 6.07) is 62.3. The fraction of sp³-hybridized carbons (Fsp3) is 0. The molecule has 244 valence electrons. The molecule has 0 atom stereocenters. The van der Waals surface area contributed by atoms with Crippen molar-refractivity contribution in [3.63, 3.8) is 0 Å². The van der Waals surface area contributed by atoms with Crippen LogP contribution in [-0.2, 0) is 0 Å². The van der Waals surface area contributed by atoms with E-state index >= 15 is 0 Å². The Labute approximate surface area is 303 Å². The van der Waals surface area contributed by atoms with Crippen molar-refractivity contribution in [3.05, 3.63) is 176 Å². The fourth-order valence-electron chi connectivity index (χ4n) is 7.96. The Balaban J connectivity index is 1.23. The maximum absolute atomic E-state index is 6.97. The normalized spacial score (nSPS) is 11.8. The lowest BCUT2D eigenvalue weighted by Gasteiger charge is -2.27. The molecule has 0 fully saturated rings. The number of furan rings is 2. The Morgan fingerprint density at radius 1 is 0.404 bits per heavy atom. The molecule has 0 bridgehead atoms. The van der Waals surface area contributed by atoms with Crippen molar-refractivity contribution in [1.29, 1.82) is 0 Å². The zero-order chi connectivity index (χ0) is 34.2. The minimum absolute atomic E-state index is 0.830. The molecule has 0 amide bonds. The molecule has 0 saturated carbocycles. The average molecular weight is 684 g/mol. The topological polar surface area (TPSA) is 29.5 Å². The van der Waals surface area contributed by atoms with Crippen LogP contribution in [0, 0.1) is 0 Å². The van der Waals surface area contributed by atoms with Crippen LogP contribution in [0.25, 0.3) is 86.3 Å². The monoisotopic (exact) mass is 683 g/mol. The van der Waals surface area contributed by atoms with E-state index < -0.39 is 0 Å². The summed E-state index contributed by atoms with van der Waals surface area (Å²) in [4.78, 5) is 2.41. The first kappa shape index (κ1) is 29.1. The van der Waals surface area contributed by atoms with Crippen LogP contribution in [0.2, 0.25) is 0 Å². The number of hydrogen-bond acceptors (Lipinski definition) is 4. The standard InChI is InChI=1S/C48H29NO2S/c1-3-13-30(14-4-1)31-25-27-33(28-26-31)49(39-21-11-19-35-34-17-8-10-24-43(34)52-48(35)39)38-20-12-23-41-45(38)37-29-42-46(36-18-7-9-22-40(36)50-42)44(47(37)51-41)32-15-5-2-6-16-32/h1-29H. The van der Waals surface area contributed by atoms with Gasteiger partial charge in [0.25, 0.3) is 0 Å². The first-order valence-electron chi connectivity index (χ1n) is 17.5. The number of fused-ring (bicyclic) bond motifs is 9. The molecule has 4 heteroatoms. The second kappa shape index (κ2) is 11.5. The average Bonchev–Trinajstić information content (AvgIpc) is 3.90. The van der Waals surface area contributed by atoms with Gasteiger partial charge in [-0.3, -0.25) is 0 Å². The van der Waals surface area contributed by atoms with Gasteiger partial charge in [-0.15, -0.1) is 11.3 Å². The molecule has 0 N–H and O–H groups in total. The lowest BCUT2D eigenvalue weighted by Crippen LogP contribution is -2.10. The number of nitrogens with zero attached hydrogens (tertiary/aromatic N) is 1.